The molecule has 0 aliphatic heterocycles. The number of benzene rings is 2. The minimum Gasteiger partial charge on any atom is -0.436 e. The van der Waals surface area contributed by atoms with Crippen LogP contribution in [0, 0.1) is 0 Å². The van der Waals surface area contributed by atoms with Crippen molar-refractivity contribution in [3.8, 4) is 11.5 Å². The number of nitrogens with one attached hydrogen (secondary N) is 1. The molecule has 2 aromatic carbocycles. The Bertz CT molecular complexity index is 826. The van der Waals surface area contributed by atoms with Crippen LogP contribution in [0.25, 0.3) is 22.6 Å². The van der Waals surface area contributed by atoms with Gasteiger partial charge in [0.1, 0.15) is 5.52 Å². The van der Waals surface area contributed by atoms with Crippen LogP contribution in [0.2, 0.25) is 0 Å². The third-order valence-corrected chi connectivity index (χ3v) is 2.92. The van der Waals surface area contributed by atoms with E-state index in [4.69, 9.17) is 4.42 Å². The van der Waals surface area contributed by atoms with Crippen molar-refractivity contribution in [2.24, 2.45) is 0 Å². The number of anilines is 1. The molecule has 4 nitrogen and oxygen atoms in total. The molecule has 22 heavy (non-hydrogen) atoms. The maximum Gasteiger partial charge on any atom is 0.471 e. The molecule has 0 fully saturated rings. The van der Waals surface area contributed by atoms with Crippen molar-refractivity contribution in [2.75, 3.05) is 5.32 Å². The van der Waals surface area contributed by atoms with Crippen LogP contribution in [0.15, 0.2) is 52.9 Å². The summed E-state index contributed by atoms with van der Waals surface area (Å²) in [4.78, 5) is 15.1. The number of carbonyl (C=O) groups is 1. The predicted octanol–water partition coefficient (Wildman–Crippen LogP) is 4.00. The molecule has 0 unspecified atom stereocenters. The predicted molar refractivity (Wildman–Crippen MR) is 74.1 cm³/mol. The number of alkyl halides is 3. The summed E-state index contributed by atoms with van der Waals surface area (Å²) in [6.07, 6.45) is -4.94. The summed E-state index contributed by atoms with van der Waals surface area (Å²) in [7, 11) is 0. The van der Waals surface area contributed by atoms with Crippen LogP contribution in [0.5, 0.6) is 0 Å². The van der Waals surface area contributed by atoms with Crippen molar-refractivity contribution < 1.29 is 22.4 Å². The van der Waals surface area contributed by atoms with Gasteiger partial charge in [0.15, 0.2) is 5.58 Å². The molecular weight excluding hydrogens is 297 g/mol. The standard InChI is InChI=1S/C15H9F3N2O2/c16-15(17,18)14(21)19-10-6-7-12-11(8-10)20-13(22-12)9-4-2-1-3-5-9/h1-8H,(H,19,21). The highest BCUT2D eigenvalue weighted by Crippen LogP contribution is 2.26. The highest BCUT2D eigenvalue weighted by molar-refractivity contribution is 5.96. The van der Waals surface area contributed by atoms with Gasteiger partial charge in [0.2, 0.25) is 5.89 Å². The number of hydrogen-bond donors (Lipinski definition) is 1. The quantitative estimate of drug-likeness (QED) is 0.778. The lowest BCUT2D eigenvalue weighted by Crippen LogP contribution is -2.29. The van der Waals surface area contributed by atoms with Gasteiger partial charge in [-0.3, -0.25) is 4.79 Å². The monoisotopic (exact) mass is 306 g/mol. The molecule has 0 atom stereocenters. The van der Waals surface area contributed by atoms with E-state index >= 15 is 0 Å². The molecular formula is C15H9F3N2O2. The SMILES string of the molecule is O=C(Nc1ccc2oc(-c3ccccc3)nc2c1)C(F)(F)F. The van der Waals surface area contributed by atoms with Crippen molar-refractivity contribution in [2.45, 2.75) is 6.18 Å². The van der Waals surface area contributed by atoms with Crippen molar-refractivity contribution in [3.05, 3.63) is 48.5 Å². The summed E-state index contributed by atoms with van der Waals surface area (Å²) in [5, 5.41) is 1.78. The van der Waals surface area contributed by atoms with E-state index in [2.05, 4.69) is 4.98 Å². The number of rotatable bonds is 2. The van der Waals surface area contributed by atoms with E-state index in [0.717, 1.165) is 5.56 Å². The maximum absolute atomic E-state index is 12.2. The zero-order chi connectivity index (χ0) is 15.7. The van der Waals surface area contributed by atoms with E-state index in [0.29, 0.717) is 17.0 Å². The van der Waals surface area contributed by atoms with Crippen LogP contribution in [0.3, 0.4) is 0 Å². The molecule has 1 amide bonds. The van der Waals surface area contributed by atoms with Crippen LogP contribution in [0.1, 0.15) is 0 Å². The maximum atomic E-state index is 12.2. The number of fused-ring (bicyclic) bond motifs is 1. The minimum atomic E-state index is -4.94. The molecule has 112 valence electrons. The average Bonchev–Trinajstić information content (AvgIpc) is 2.90. The fourth-order valence-corrected chi connectivity index (χ4v) is 1.91. The molecule has 3 rings (SSSR count). The Morgan fingerprint density at radius 2 is 1.82 bits per heavy atom. The number of oxazole rings is 1. The molecule has 0 saturated carbocycles. The van der Waals surface area contributed by atoms with E-state index in [9.17, 15) is 18.0 Å². The second kappa shape index (κ2) is 5.18. The third-order valence-electron chi connectivity index (χ3n) is 2.92. The van der Waals surface area contributed by atoms with Crippen molar-refractivity contribution >= 4 is 22.7 Å². The van der Waals surface area contributed by atoms with Crippen molar-refractivity contribution in [3.63, 3.8) is 0 Å². The fraction of sp³-hybridized carbons (Fsp3) is 0.0667. The normalized spacial score (nSPS) is 11.6. The van der Waals surface area contributed by atoms with Crippen LogP contribution in [-0.4, -0.2) is 17.1 Å². The van der Waals surface area contributed by atoms with Crippen molar-refractivity contribution in [1.82, 2.24) is 4.98 Å². The molecule has 0 spiro atoms. The Labute approximate surface area is 122 Å². The molecule has 7 heteroatoms. The van der Waals surface area contributed by atoms with Crippen LogP contribution >= 0.6 is 0 Å². The average molecular weight is 306 g/mol. The summed E-state index contributed by atoms with van der Waals surface area (Å²) < 4.78 is 42.2. The summed E-state index contributed by atoms with van der Waals surface area (Å²) in [6.45, 7) is 0. The lowest BCUT2D eigenvalue weighted by atomic mass is 10.2. The summed E-state index contributed by atoms with van der Waals surface area (Å²) in [5.41, 5.74) is 1.53. The number of aromatic nitrogens is 1. The van der Waals surface area contributed by atoms with Gasteiger partial charge in [-0.15, -0.1) is 0 Å². The largest absolute Gasteiger partial charge is 0.471 e. The van der Waals surface area contributed by atoms with E-state index in [1.165, 1.54) is 18.2 Å². The lowest BCUT2D eigenvalue weighted by molar-refractivity contribution is -0.167. The van der Waals surface area contributed by atoms with Crippen LogP contribution < -0.4 is 5.32 Å². The third kappa shape index (κ3) is 2.78. The van der Waals surface area contributed by atoms with Gasteiger partial charge in [0.05, 0.1) is 0 Å². The lowest BCUT2D eigenvalue weighted by Gasteiger charge is -2.07. The molecule has 1 heterocycles. The number of carbonyl (C=O) groups excluding carboxylic acids is 1. The molecule has 0 saturated heterocycles. The van der Waals surface area contributed by atoms with Gasteiger partial charge in [-0.2, -0.15) is 13.2 Å². The zero-order valence-corrected chi connectivity index (χ0v) is 11.0. The Hall–Kier alpha value is -2.83. The summed E-state index contributed by atoms with van der Waals surface area (Å²) in [5.74, 6) is -1.67. The molecule has 0 bridgehead atoms. The molecule has 0 aliphatic rings. The fourth-order valence-electron chi connectivity index (χ4n) is 1.91. The van der Waals surface area contributed by atoms with Gasteiger partial charge in [-0.25, -0.2) is 4.98 Å². The topological polar surface area (TPSA) is 55.1 Å². The molecule has 0 aliphatic carbocycles. The number of amides is 1. The van der Waals surface area contributed by atoms with Crippen LogP contribution in [0.4, 0.5) is 18.9 Å². The Kier molecular flexibility index (Phi) is 3.32. The van der Waals surface area contributed by atoms with Gasteiger partial charge in [0.25, 0.3) is 0 Å². The smallest absolute Gasteiger partial charge is 0.436 e. The van der Waals surface area contributed by atoms with E-state index in [1.54, 1.807) is 17.4 Å². The molecule has 0 radical (unpaired) electrons. The first-order chi connectivity index (χ1) is 10.4. The Morgan fingerprint density at radius 1 is 1.09 bits per heavy atom. The van der Waals surface area contributed by atoms with Crippen molar-refractivity contribution in [1.29, 1.82) is 0 Å². The van der Waals surface area contributed by atoms with Crippen LogP contribution in [-0.2, 0) is 4.79 Å². The van der Waals surface area contributed by atoms with E-state index in [1.807, 2.05) is 18.2 Å². The minimum absolute atomic E-state index is 0.00253. The Morgan fingerprint density at radius 3 is 2.50 bits per heavy atom. The van der Waals surface area contributed by atoms with Gasteiger partial charge in [-0.1, -0.05) is 18.2 Å². The number of nitrogens with zero attached hydrogens (tertiary/aromatic N) is 1. The van der Waals surface area contributed by atoms with Gasteiger partial charge in [0, 0.05) is 11.3 Å². The second-order valence-corrected chi connectivity index (χ2v) is 4.52. The van der Waals surface area contributed by atoms with E-state index in [-0.39, 0.29) is 5.69 Å². The zero-order valence-electron chi connectivity index (χ0n) is 11.0. The first-order valence-corrected chi connectivity index (χ1v) is 6.28. The first kappa shape index (κ1) is 14.1. The Balaban J connectivity index is 1.92. The van der Waals surface area contributed by atoms with Gasteiger partial charge in [-0.05, 0) is 30.3 Å². The highest BCUT2D eigenvalue weighted by Gasteiger charge is 2.38. The summed E-state index contributed by atoms with van der Waals surface area (Å²) in [6, 6.07) is 13.2. The second-order valence-electron chi connectivity index (χ2n) is 4.52. The molecule has 3 aromatic rings. The summed E-state index contributed by atoms with van der Waals surface area (Å²) >= 11 is 0. The molecule has 1 N–H and O–H groups in total. The highest BCUT2D eigenvalue weighted by atomic mass is 19.4. The number of hydrogen-bond acceptors (Lipinski definition) is 3. The van der Waals surface area contributed by atoms with Gasteiger partial charge >= 0.3 is 12.1 Å². The van der Waals surface area contributed by atoms with E-state index < -0.39 is 12.1 Å². The molecule has 1 aromatic heterocycles. The number of halogens is 3. The first-order valence-electron chi connectivity index (χ1n) is 6.28. The van der Waals surface area contributed by atoms with Gasteiger partial charge < -0.3 is 9.73 Å².